The predicted molar refractivity (Wildman–Crippen MR) is 57.6 cm³/mol. The second-order valence-corrected chi connectivity index (χ2v) is 3.56. The lowest BCUT2D eigenvalue weighted by Gasteiger charge is -2.01. The van der Waals surface area contributed by atoms with E-state index in [4.69, 9.17) is 0 Å². The summed E-state index contributed by atoms with van der Waals surface area (Å²) >= 11 is 0. The van der Waals surface area contributed by atoms with E-state index in [9.17, 15) is 4.79 Å². The van der Waals surface area contributed by atoms with Crippen molar-refractivity contribution in [3.63, 3.8) is 0 Å². The summed E-state index contributed by atoms with van der Waals surface area (Å²) in [5, 5.41) is 9.21. The summed E-state index contributed by atoms with van der Waals surface area (Å²) in [5.74, 6) is 0.685. The topological polar surface area (TPSA) is 70.7 Å². The summed E-state index contributed by atoms with van der Waals surface area (Å²) in [7, 11) is 0. The number of rotatable bonds is 6. The highest BCUT2D eigenvalue weighted by Crippen LogP contribution is 1.97. The van der Waals surface area contributed by atoms with E-state index in [0.29, 0.717) is 12.4 Å². The fraction of sp³-hybridized carbons (Fsp3) is 0.700. The van der Waals surface area contributed by atoms with Crippen molar-refractivity contribution in [2.24, 2.45) is 0 Å². The Hall–Kier alpha value is -1.39. The van der Waals surface area contributed by atoms with E-state index < -0.39 is 0 Å². The van der Waals surface area contributed by atoms with Gasteiger partial charge >= 0.3 is 0 Å². The molecule has 0 saturated heterocycles. The van der Waals surface area contributed by atoms with Gasteiger partial charge in [0.05, 0.1) is 0 Å². The zero-order valence-corrected chi connectivity index (χ0v) is 9.34. The minimum absolute atomic E-state index is 0.198. The molecule has 0 saturated carbocycles. The number of nitrogens with zero attached hydrogens (tertiary/aromatic N) is 2. The molecule has 0 aliphatic carbocycles. The number of H-pyrrole nitrogens is 1. The Morgan fingerprint density at radius 2 is 2.20 bits per heavy atom. The zero-order valence-electron chi connectivity index (χ0n) is 9.34. The molecule has 2 N–H and O–H groups in total. The third kappa shape index (κ3) is 4.10. The van der Waals surface area contributed by atoms with Gasteiger partial charge in [-0.05, 0) is 13.3 Å². The van der Waals surface area contributed by atoms with Crippen molar-refractivity contribution in [3.8, 4) is 0 Å². The number of carbonyl (C=O) groups is 1. The first kappa shape index (κ1) is 11.7. The molecule has 1 rings (SSSR count). The summed E-state index contributed by atoms with van der Waals surface area (Å²) in [6, 6.07) is 0. The van der Waals surface area contributed by atoms with Gasteiger partial charge < -0.3 is 5.32 Å². The second kappa shape index (κ2) is 6.16. The molecule has 0 bridgehead atoms. The molecule has 1 aromatic heterocycles. The maximum absolute atomic E-state index is 11.4. The third-order valence-corrected chi connectivity index (χ3v) is 2.12. The van der Waals surface area contributed by atoms with Crippen molar-refractivity contribution in [3.05, 3.63) is 11.6 Å². The van der Waals surface area contributed by atoms with Crippen molar-refractivity contribution in [2.45, 2.75) is 39.5 Å². The molecule has 0 atom stereocenters. The normalized spacial score (nSPS) is 10.3. The van der Waals surface area contributed by atoms with Crippen LogP contribution in [0, 0.1) is 6.92 Å². The molecule has 0 aromatic carbocycles. The first-order valence-corrected chi connectivity index (χ1v) is 5.41. The number of aromatic amines is 1. The van der Waals surface area contributed by atoms with Gasteiger partial charge in [0.1, 0.15) is 5.82 Å². The van der Waals surface area contributed by atoms with E-state index in [2.05, 4.69) is 27.4 Å². The van der Waals surface area contributed by atoms with Gasteiger partial charge in [-0.2, -0.15) is 0 Å². The van der Waals surface area contributed by atoms with Crippen LogP contribution in [0.2, 0.25) is 0 Å². The third-order valence-electron chi connectivity index (χ3n) is 2.12. The first-order chi connectivity index (χ1) is 7.24. The largest absolute Gasteiger partial charge is 0.349 e. The van der Waals surface area contributed by atoms with Crippen LogP contribution < -0.4 is 5.32 Å². The van der Waals surface area contributed by atoms with E-state index in [1.807, 2.05) is 0 Å². The predicted octanol–water partition coefficient (Wildman–Crippen LogP) is 1.42. The average molecular weight is 210 g/mol. The molecule has 5 heteroatoms. The van der Waals surface area contributed by atoms with Gasteiger partial charge in [-0.1, -0.05) is 26.2 Å². The smallest absolute Gasteiger partial charge is 0.290 e. The van der Waals surface area contributed by atoms with Crippen LogP contribution in [0.1, 0.15) is 49.1 Å². The maximum atomic E-state index is 11.4. The molecule has 15 heavy (non-hydrogen) atoms. The van der Waals surface area contributed by atoms with Crippen LogP contribution in [0.15, 0.2) is 0 Å². The second-order valence-electron chi connectivity index (χ2n) is 3.56. The van der Waals surface area contributed by atoms with Crippen LogP contribution in [-0.4, -0.2) is 27.6 Å². The van der Waals surface area contributed by atoms with Crippen molar-refractivity contribution < 1.29 is 4.79 Å². The molecule has 1 aromatic rings. The lowest BCUT2D eigenvalue weighted by Crippen LogP contribution is -2.25. The molecule has 0 spiro atoms. The van der Waals surface area contributed by atoms with Gasteiger partial charge in [0.2, 0.25) is 5.82 Å². The molecule has 0 aliphatic heterocycles. The first-order valence-electron chi connectivity index (χ1n) is 5.41. The minimum Gasteiger partial charge on any atom is -0.349 e. The zero-order chi connectivity index (χ0) is 11.1. The van der Waals surface area contributed by atoms with Gasteiger partial charge in [0, 0.05) is 6.54 Å². The van der Waals surface area contributed by atoms with Crippen LogP contribution in [0.25, 0.3) is 0 Å². The molecule has 84 valence electrons. The molecule has 1 heterocycles. The van der Waals surface area contributed by atoms with Crippen LogP contribution >= 0.6 is 0 Å². The monoisotopic (exact) mass is 210 g/mol. The Labute approximate surface area is 89.7 Å². The molecule has 0 unspecified atom stereocenters. The number of carbonyl (C=O) groups excluding carboxylic acids is 1. The Morgan fingerprint density at radius 3 is 2.80 bits per heavy atom. The quantitative estimate of drug-likeness (QED) is 0.698. The Morgan fingerprint density at radius 1 is 1.40 bits per heavy atom. The van der Waals surface area contributed by atoms with E-state index in [1.165, 1.54) is 12.8 Å². The molecular formula is C10H18N4O. The van der Waals surface area contributed by atoms with Gasteiger partial charge in [0.15, 0.2) is 0 Å². The number of aromatic nitrogens is 3. The number of aryl methyl sites for hydroxylation is 1. The maximum Gasteiger partial charge on any atom is 0.290 e. The summed E-state index contributed by atoms with van der Waals surface area (Å²) < 4.78 is 0. The molecule has 0 aliphatic rings. The highest BCUT2D eigenvalue weighted by Gasteiger charge is 2.09. The van der Waals surface area contributed by atoms with E-state index in [0.717, 1.165) is 12.8 Å². The van der Waals surface area contributed by atoms with E-state index in [1.54, 1.807) is 6.92 Å². The van der Waals surface area contributed by atoms with Gasteiger partial charge in [-0.3, -0.25) is 9.89 Å². The van der Waals surface area contributed by atoms with Crippen molar-refractivity contribution in [2.75, 3.05) is 6.54 Å². The molecule has 1 amide bonds. The molecule has 5 nitrogen and oxygen atoms in total. The minimum atomic E-state index is -0.198. The summed E-state index contributed by atoms with van der Waals surface area (Å²) in [5.41, 5.74) is 0. The van der Waals surface area contributed by atoms with Crippen LogP contribution in [0.4, 0.5) is 0 Å². The van der Waals surface area contributed by atoms with Crippen molar-refractivity contribution in [1.82, 2.24) is 20.5 Å². The van der Waals surface area contributed by atoms with Gasteiger partial charge in [-0.15, -0.1) is 5.10 Å². The Bertz CT molecular complexity index is 308. The lowest BCUT2D eigenvalue weighted by molar-refractivity contribution is 0.0943. The number of amides is 1. The Balaban J connectivity index is 2.19. The van der Waals surface area contributed by atoms with Crippen molar-refractivity contribution in [1.29, 1.82) is 0 Å². The molecular weight excluding hydrogens is 192 g/mol. The fourth-order valence-corrected chi connectivity index (χ4v) is 1.28. The summed E-state index contributed by atoms with van der Waals surface area (Å²) in [6.45, 7) is 4.63. The standard InChI is InChI=1S/C10H18N4O/c1-3-4-5-6-7-11-10(15)9-12-8(2)13-14-9/h3-7H2,1-2H3,(H,11,15)(H,12,13,14). The van der Waals surface area contributed by atoms with Crippen LogP contribution in [-0.2, 0) is 0 Å². The van der Waals surface area contributed by atoms with Crippen LogP contribution in [0.5, 0.6) is 0 Å². The van der Waals surface area contributed by atoms with E-state index in [-0.39, 0.29) is 11.7 Å². The average Bonchev–Trinajstić information content (AvgIpc) is 2.64. The summed E-state index contributed by atoms with van der Waals surface area (Å²) in [6.07, 6.45) is 4.59. The summed E-state index contributed by atoms with van der Waals surface area (Å²) in [4.78, 5) is 15.4. The molecule has 0 fully saturated rings. The fourth-order valence-electron chi connectivity index (χ4n) is 1.28. The highest BCUT2D eigenvalue weighted by atomic mass is 16.2. The van der Waals surface area contributed by atoms with Gasteiger partial charge in [-0.25, -0.2) is 4.98 Å². The SMILES string of the molecule is CCCCCCNC(=O)c1n[nH]c(C)n1. The number of hydrogen-bond donors (Lipinski definition) is 2. The lowest BCUT2D eigenvalue weighted by atomic mass is 10.2. The number of unbranched alkanes of at least 4 members (excludes halogenated alkanes) is 3. The Kier molecular flexibility index (Phi) is 4.80. The number of nitrogens with one attached hydrogen (secondary N) is 2. The van der Waals surface area contributed by atoms with Crippen LogP contribution in [0.3, 0.4) is 0 Å². The molecule has 0 radical (unpaired) electrons. The van der Waals surface area contributed by atoms with Crippen molar-refractivity contribution >= 4 is 5.91 Å². The number of hydrogen-bond acceptors (Lipinski definition) is 3. The van der Waals surface area contributed by atoms with E-state index >= 15 is 0 Å². The highest BCUT2D eigenvalue weighted by molar-refractivity contribution is 5.90. The van der Waals surface area contributed by atoms with Gasteiger partial charge in [0.25, 0.3) is 5.91 Å².